The van der Waals surface area contributed by atoms with Gasteiger partial charge in [0.05, 0.1) is 5.69 Å². The number of rotatable bonds is 1. The number of aryl methyl sites for hydroxylation is 1. The molecule has 0 bridgehead atoms. The third-order valence-corrected chi connectivity index (χ3v) is 1.72. The molecule has 2 N–H and O–H groups in total. The fourth-order valence-electron chi connectivity index (χ4n) is 1.11. The van der Waals surface area contributed by atoms with Crippen molar-refractivity contribution in [2.75, 3.05) is 0 Å². The minimum Gasteiger partial charge on any atom is -0.325 e. The van der Waals surface area contributed by atoms with E-state index in [1.165, 1.54) is 0 Å². The Hall–Kier alpha value is -0.940. The van der Waals surface area contributed by atoms with Crippen molar-refractivity contribution in [1.82, 2.24) is 14.4 Å². The molecule has 70 valence electrons. The topological polar surface area (TPSA) is 56.2 Å². The first kappa shape index (κ1) is 10.1. The van der Waals surface area contributed by atoms with Gasteiger partial charge >= 0.3 is 0 Å². The van der Waals surface area contributed by atoms with Crippen LogP contribution in [-0.2, 0) is 6.54 Å². The molecule has 5 heteroatoms. The number of imidazole rings is 1. The molecule has 2 aromatic heterocycles. The quantitative estimate of drug-likeness (QED) is 0.815. The van der Waals surface area contributed by atoms with Crippen LogP contribution < -0.4 is 5.73 Å². The summed E-state index contributed by atoms with van der Waals surface area (Å²) in [6.07, 6.45) is 3.82. The van der Waals surface area contributed by atoms with Gasteiger partial charge in [-0.05, 0) is 13.0 Å². The Bertz CT molecular complexity index is 409. The average Bonchev–Trinajstić information content (AvgIpc) is 2.46. The number of hydrogen-bond acceptors (Lipinski definition) is 3. The SMILES string of the molecule is Br.Cc1ccn2cc(CN)nc2n1. The van der Waals surface area contributed by atoms with Crippen LogP contribution in [0.25, 0.3) is 5.78 Å². The van der Waals surface area contributed by atoms with E-state index < -0.39 is 0 Å². The van der Waals surface area contributed by atoms with Gasteiger partial charge in [0, 0.05) is 24.6 Å². The lowest BCUT2D eigenvalue weighted by Gasteiger charge is -1.91. The zero-order valence-electron chi connectivity index (χ0n) is 7.27. The number of hydrogen-bond donors (Lipinski definition) is 1. The van der Waals surface area contributed by atoms with Crippen molar-refractivity contribution in [2.24, 2.45) is 5.73 Å². The first-order valence-corrected chi connectivity index (χ1v) is 3.81. The van der Waals surface area contributed by atoms with Gasteiger partial charge in [-0.1, -0.05) is 0 Å². The van der Waals surface area contributed by atoms with Gasteiger partial charge in [-0.25, -0.2) is 9.97 Å². The second-order valence-corrected chi connectivity index (χ2v) is 2.71. The Morgan fingerprint density at radius 3 is 2.92 bits per heavy atom. The second kappa shape index (κ2) is 3.85. The second-order valence-electron chi connectivity index (χ2n) is 2.71. The molecule has 0 radical (unpaired) electrons. The summed E-state index contributed by atoms with van der Waals surface area (Å²) in [7, 11) is 0. The molecule has 2 rings (SSSR count). The molecule has 0 aliphatic rings. The van der Waals surface area contributed by atoms with Gasteiger partial charge in [-0.15, -0.1) is 17.0 Å². The van der Waals surface area contributed by atoms with E-state index in [1.807, 2.05) is 29.8 Å². The largest absolute Gasteiger partial charge is 0.325 e. The first-order chi connectivity index (χ1) is 5.79. The number of nitrogens with zero attached hydrogens (tertiary/aromatic N) is 3. The molecule has 2 aromatic rings. The molecule has 2 heterocycles. The Balaban J connectivity index is 0.000000845. The standard InChI is InChI=1S/C8H10N4.BrH/c1-6-2-3-12-5-7(4-9)11-8(12)10-6;/h2-3,5H,4,9H2,1H3;1H. The predicted molar refractivity (Wildman–Crippen MR) is 55.9 cm³/mol. The van der Waals surface area contributed by atoms with Crippen LogP contribution in [0, 0.1) is 6.92 Å². The smallest absolute Gasteiger partial charge is 0.234 e. The monoisotopic (exact) mass is 242 g/mol. The van der Waals surface area contributed by atoms with Gasteiger partial charge in [0.1, 0.15) is 0 Å². The molecule has 0 unspecified atom stereocenters. The van der Waals surface area contributed by atoms with E-state index in [9.17, 15) is 0 Å². The van der Waals surface area contributed by atoms with Crippen molar-refractivity contribution < 1.29 is 0 Å². The van der Waals surface area contributed by atoms with Crippen molar-refractivity contribution in [3.63, 3.8) is 0 Å². The lowest BCUT2D eigenvalue weighted by Crippen LogP contribution is -1.95. The van der Waals surface area contributed by atoms with Crippen molar-refractivity contribution in [2.45, 2.75) is 13.5 Å². The van der Waals surface area contributed by atoms with E-state index in [1.54, 1.807) is 0 Å². The lowest BCUT2D eigenvalue weighted by molar-refractivity contribution is 1.01. The van der Waals surface area contributed by atoms with E-state index in [0.29, 0.717) is 6.54 Å². The molecular weight excluding hydrogens is 232 g/mol. The van der Waals surface area contributed by atoms with Crippen LogP contribution in [0.1, 0.15) is 11.4 Å². The molecule has 0 spiro atoms. The fourth-order valence-corrected chi connectivity index (χ4v) is 1.11. The normalized spacial score (nSPS) is 10.0. The fraction of sp³-hybridized carbons (Fsp3) is 0.250. The lowest BCUT2D eigenvalue weighted by atomic mass is 10.5. The first-order valence-electron chi connectivity index (χ1n) is 3.81. The summed E-state index contributed by atoms with van der Waals surface area (Å²) in [5.74, 6) is 0.718. The van der Waals surface area contributed by atoms with Gasteiger partial charge in [0.2, 0.25) is 5.78 Å². The van der Waals surface area contributed by atoms with Gasteiger partial charge in [-0.2, -0.15) is 0 Å². The Labute approximate surface area is 86.6 Å². The highest BCUT2D eigenvalue weighted by Gasteiger charge is 1.99. The maximum atomic E-state index is 5.45. The minimum absolute atomic E-state index is 0. The van der Waals surface area contributed by atoms with Crippen molar-refractivity contribution >= 4 is 22.8 Å². The molecule has 0 aliphatic carbocycles. The molecule has 13 heavy (non-hydrogen) atoms. The maximum Gasteiger partial charge on any atom is 0.234 e. The molecule has 0 aliphatic heterocycles. The molecule has 4 nitrogen and oxygen atoms in total. The van der Waals surface area contributed by atoms with Crippen LogP contribution in [0.3, 0.4) is 0 Å². The molecular formula is C8H11BrN4. The van der Waals surface area contributed by atoms with Crippen molar-refractivity contribution in [3.8, 4) is 0 Å². The summed E-state index contributed by atoms with van der Waals surface area (Å²) < 4.78 is 1.87. The molecule has 0 saturated carbocycles. The Kier molecular flexibility index (Phi) is 3.00. The summed E-state index contributed by atoms with van der Waals surface area (Å²) in [5, 5.41) is 0. The third kappa shape index (κ3) is 1.87. The number of halogens is 1. The van der Waals surface area contributed by atoms with Crippen LogP contribution in [0.2, 0.25) is 0 Å². The molecule has 0 fully saturated rings. The highest BCUT2D eigenvalue weighted by Crippen LogP contribution is 2.02. The number of nitrogens with two attached hydrogens (primary N) is 1. The minimum atomic E-state index is 0. The molecule has 0 amide bonds. The summed E-state index contributed by atoms with van der Waals surface area (Å²) >= 11 is 0. The van der Waals surface area contributed by atoms with Crippen LogP contribution in [0.4, 0.5) is 0 Å². The highest BCUT2D eigenvalue weighted by molar-refractivity contribution is 8.93. The van der Waals surface area contributed by atoms with Crippen LogP contribution in [-0.4, -0.2) is 14.4 Å². The highest BCUT2D eigenvalue weighted by atomic mass is 79.9. The number of fused-ring (bicyclic) bond motifs is 1. The van der Waals surface area contributed by atoms with E-state index in [2.05, 4.69) is 9.97 Å². The summed E-state index contributed by atoms with van der Waals surface area (Å²) in [6.45, 7) is 2.40. The van der Waals surface area contributed by atoms with Crippen molar-refractivity contribution in [1.29, 1.82) is 0 Å². The summed E-state index contributed by atoms with van der Waals surface area (Å²) in [4.78, 5) is 8.46. The zero-order chi connectivity index (χ0) is 8.55. The van der Waals surface area contributed by atoms with Crippen LogP contribution in [0.15, 0.2) is 18.5 Å². The molecule has 0 aromatic carbocycles. The van der Waals surface area contributed by atoms with E-state index in [-0.39, 0.29) is 17.0 Å². The zero-order valence-corrected chi connectivity index (χ0v) is 8.98. The maximum absolute atomic E-state index is 5.45. The third-order valence-electron chi connectivity index (χ3n) is 1.72. The van der Waals surface area contributed by atoms with Crippen LogP contribution >= 0.6 is 17.0 Å². The van der Waals surface area contributed by atoms with Gasteiger partial charge < -0.3 is 5.73 Å². The number of aromatic nitrogens is 3. The molecule has 0 saturated heterocycles. The van der Waals surface area contributed by atoms with Gasteiger partial charge in [0.15, 0.2) is 0 Å². The predicted octanol–water partition coefficient (Wildman–Crippen LogP) is 1.07. The van der Waals surface area contributed by atoms with E-state index in [4.69, 9.17) is 5.73 Å². The van der Waals surface area contributed by atoms with Gasteiger partial charge in [0.25, 0.3) is 0 Å². The van der Waals surface area contributed by atoms with E-state index in [0.717, 1.165) is 17.2 Å². The summed E-state index contributed by atoms with van der Waals surface area (Å²) in [6, 6.07) is 1.94. The summed E-state index contributed by atoms with van der Waals surface area (Å²) in [5.41, 5.74) is 7.29. The van der Waals surface area contributed by atoms with Crippen molar-refractivity contribution in [3.05, 3.63) is 29.8 Å². The molecule has 0 atom stereocenters. The van der Waals surface area contributed by atoms with E-state index >= 15 is 0 Å². The van der Waals surface area contributed by atoms with Crippen LogP contribution in [0.5, 0.6) is 0 Å². The Morgan fingerprint density at radius 2 is 2.23 bits per heavy atom. The Morgan fingerprint density at radius 1 is 1.46 bits per heavy atom. The van der Waals surface area contributed by atoms with Gasteiger partial charge in [-0.3, -0.25) is 4.40 Å². The average molecular weight is 243 g/mol.